The molecule has 19 heavy (non-hydrogen) atoms. The second-order valence-electron chi connectivity index (χ2n) is 3.84. The van der Waals surface area contributed by atoms with Crippen molar-refractivity contribution in [1.82, 2.24) is 0 Å². The van der Waals surface area contributed by atoms with Gasteiger partial charge in [-0.25, -0.2) is 8.42 Å². The van der Waals surface area contributed by atoms with Crippen molar-refractivity contribution in [3.8, 4) is 11.1 Å². The first kappa shape index (κ1) is 13.6. The minimum absolute atomic E-state index is 0.654. The van der Waals surface area contributed by atoms with Crippen LogP contribution >= 0.6 is 0 Å². The van der Waals surface area contributed by atoms with Gasteiger partial charge in [0, 0.05) is 0 Å². The first-order valence-electron chi connectivity index (χ1n) is 5.29. The van der Waals surface area contributed by atoms with Gasteiger partial charge in [-0.3, -0.25) is 0 Å². The van der Waals surface area contributed by atoms with Crippen LogP contribution in [0, 0.1) is 0 Å². The number of halogens is 3. The Hall–Kier alpha value is -1.82. The van der Waals surface area contributed by atoms with E-state index >= 15 is 0 Å². The summed E-state index contributed by atoms with van der Waals surface area (Å²) >= 11 is 0. The number of hydrogen-bond donors (Lipinski definition) is 0. The highest BCUT2D eigenvalue weighted by molar-refractivity contribution is 7.92. The highest BCUT2D eigenvalue weighted by Crippen LogP contribution is 2.31. The zero-order valence-electron chi connectivity index (χ0n) is 9.55. The van der Waals surface area contributed by atoms with Crippen LogP contribution < -0.4 is 0 Å². The maximum Gasteiger partial charge on any atom is 0.501 e. The van der Waals surface area contributed by atoms with Crippen LogP contribution in [0.15, 0.2) is 59.5 Å². The third-order valence-corrected chi connectivity index (χ3v) is 4.08. The maximum absolute atomic E-state index is 12.4. The third-order valence-electron chi connectivity index (χ3n) is 2.58. The second-order valence-corrected chi connectivity index (χ2v) is 5.78. The van der Waals surface area contributed by atoms with Crippen LogP contribution in [0.2, 0.25) is 0 Å². The van der Waals surface area contributed by atoms with Gasteiger partial charge in [0.25, 0.3) is 9.84 Å². The van der Waals surface area contributed by atoms with E-state index in [1.54, 1.807) is 24.3 Å². The molecule has 0 aliphatic rings. The second kappa shape index (κ2) is 4.70. The van der Waals surface area contributed by atoms with E-state index in [0.717, 1.165) is 17.7 Å². The van der Waals surface area contributed by atoms with Gasteiger partial charge in [-0.1, -0.05) is 42.5 Å². The summed E-state index contributed by atoms with van der Waals surface area (Å²) in [7, 11) is -5.28. The lowest BCUT2D eigenvalue weighted by molar-refractivity contribution is -0.0436. The third kappa shape index (κ3) is 2.63. The Labute approximate surface area is 108 Å². The molecule has 2 aromatic rings. The lowest BCUT2D eigenvalue weighted by Gasteiger charge is -2.08. The quantitative estimate of drug-likeness (QED) is 0.844. The van der Waals surface area contributed by atoms with Crippen LogP contribution in [0.4, 0.5) is 13.2 Å². The van der Waals surface area contributed by atoms with Crippen LogP contribution in [-0.4, -0.2) is 13.9 Å². The average Bonchev–Trinajstić information content (AvgIpc) is 2.39. The normalized spacial score (nSPS) is 12.4. The van der Waals surface area contributed by atoms with E-state index in [9.17, 15) is 21.6 Å². The van der Waals surface area contributed by atoms with E-state index in [-0.39, 0.29) is 0 Å². The number of rotatable bonds is 2. The fourth-order valence-electron chi connectivity index (χ4n) is 1.59. The summed E-state index contributed by atoms with van der Waals surface area (Å²) < 4.78 is 59.4. The van der Waals surface area contributed by atoms with E-state index in [1.807, 2.05) is 6.07 Å². The molecule has 0 saturated carbocycles. The van der Waals surface area contributed by atoms with E-state index in [2.05, 4.69) is 0 Å². The Morgan fingerprint density at radius 1 is 0.737 bits per heavy atom. The van der Waals surface area contributed by atoms with Crippen molar-refractivity contribution in [1.29, 1.82) is 0 Å². The number of sulfone groups is 1. The summed E-state index contributed by atoms with van der Waals surface area (Å²) in [4.78, 5) is -0.750. The highest BCUT2D eigenvalue weighted by Gasteiger charge is 2.46. The van der Waals surface area contributed by atoms with E-state index in [4.69, 9.17) is 0 Å². The van der Waals surface area contributed by atoms with Crippen molar-refractivity contribution in [2.24, 2.45) is 0 Å². The Kier molecular flexibility index (Phi) is 3.36. The molecule has 2 aromatic carbocycles. The van der Waals surface area contributed by atoms with Crippen molar-refractivity contribution in [3.63, 3.8) is 0 Å². The molecule has 0 radical (unpaired) electrons. The van der Waals surface area contributed by atoms with Gasteiger partial charge in [0.05, 0.1) is 4.90 Å². The van der Waals surface area contributed by atoms with Crippen molar-refractivity contribution < 1.29 is 21.6 Å². The molecule has 0 fully saturated rings. The smallest absolute Gasteiger partial charge is 0.214 e. The molecule has 0 saturated heterocycles. The Bertz CT molecular complexity index is 659. The van der Waals surface area contributed by atoms with Crippen molar-refractivity contribution in [2.45, 2.75) is 10.4 Å². The van der Waals surface area contributed by atoms with Crippen LogP contribution in [0.3, 0.4) is 0 Å². The average molecular weight is 286 g/mol. The van der Waals surface area contributed by atoms with Gasteiger partial charge in [-0.15, -0.1) is 0 Å². The van der Waals surface area contributed by atoms with E-state index in [1.165, 1.54) is 12.1 Å². The van der Waals surface area contributed by atoms with E-state index < -0.39 is 20.2 Å². The molecule has 0 unspecified atom stereocenters. The zero-order chi connectivity index (χ0) is 14.1. The molecule has 0 aliphatic heterocycles. The molecular formula is C13H9F3O2S. The van der Waals surface area contributed by atoms with Gasteiger partial charge in [0.2, 0.25) is 0 Å². The molecule has 0 heterocycles. The predicted octanol–water partition coefficient (Wildman–Crippen LogP) is 3.65. The highest BCUT2D eigenvalue weighted by atomic mass is 32.2. The van der Waals surface area contributed by atoms with Crippen LogP contribution in [0.5, 0.6) is 0 Å². The number of benzene rings is 2. The van der Waals surface area contributed by atoms with Gasteiger partial charge in [-0.2, -0.15) is 13.2 Å². The summed E-state index contributed by atoms with van der Waals surface area (Å²) in [5, 5.41) is 0. The molecule has 0 spiro atoms. The van der Waals surface area contributed by atoms with Gasteiger partial charge in [0.1, 0.15) is 0 Å². The largest absolute Gasteiger partial charge is 0.501 e. The lowest BCUT2D eigenvalue weighted by Crippen LogP contribution is -2.23. The molecule has 0 amide bonds. The lowest BCUT2D eigenvalue weighted by atomic mass is 10.1. The Morgan fingerprint density at radius 2 is 1.21 bits per heavy atom. The van der Waals surface area contributed by atoms with Crippen molar-refractivity contribution >= 4 is 9.84 Å². The molecule has 0 N–H and O–H groups in total. The SMILES string of the molecule is O=S(=O)(c1ccc(-c2ccccc2)cc1)C(F)(F)F. The fraction of sp³-hybridized carbons (Fsp3) is 0.0769. The molecule has 100 valence electrons. The molecular weight excluding hydrogens is 277 g/mol. The van der Waals surface area contributed by atoms with Gasteiger partial charge >= 0.3 is 5.51 Å². The fourth-order valence-corrected chi connectivity index (χ4v) is 2.35. The van der Waals surface area contributed by atoms with Gasteiger partial charge in [-0.05, 0) is 23.3 Å². The van der Waals surface area contributed by atoms with Crippen LogP contribution in [0.1, 0.15) is 0 Å². The number of alkyl halides is 3. The first-order chi connectivity index (χ1) is 8.82. The predicted molar refractivity (Wildman–Crippen MR) is 65.1 cm³/mol. The molecule has 2 nitrogen and oxygen atoms in total. The summed E-state index contributed by atoms with van der Waals surface area (Å²) in [6, 6.07) is 13.6. The van der Waals surface area contributed by atoms with Crippen molar-refractivity contribution in [3.05, 3.63) is 54.6 Å². The molecule has 6 heteroatoms. The Balaban J connectivity index is 2.40. The zero-order valence-corrected chi connectivity index (χ0v) is 10.4. The number of hydrogen-bond acceptors (Lipinski definition) is 2. The van der Waals surface area contributed by atoms with Crippen LogP contribution in [0.25, 0.3) is 11.1 Å². The monoisotopic (exact) mass is 286 g/mol. The standard InChI is InChI=1S/C13H9F3O2S/c14-13(15,16)19(17,18)12-8-6-11(7-9-12)10-4-2-1-3-5-10/h1-9H. The van der Waals surface area contributed by atoms with Crippen molar-refractivity contribution in [2.75, 3.05) is 0 Å². The topological polar surface area (TPSA) is 34.1 Å². The molecule has 0 aromatic heterocycles. The summed E-state index contributed by atoms with van der Waals surface area (Å²) in [5.74, 6) is 0. The summed E-state index contributed by atoms with van der Waals surface area (Å²) in [6.07, 6.45) is 0. The minimum atomic E-state index is -5.28. The minimum Gasteiger partial charge on any atom is -0.214 e. The molecule has 0 aliphatic carbocycles. The Morgan fingerprint density at radius 3 is 1.68 bits per heavy atom. The van der Waals surface area contributed by atoms with E-state index in [0.29, 0.717) is 5.56 Å². The molecule has 0 atom stereocenters. The van der Waals surface area contributed by atoms with Gasteiger partial charge in [0.15, 0.2) is 0 Å². The van der Waals surface area contributed by atoms with Gasteiger partial charge < -0.3 is 0 Å². The van der Waals surface area contributed by atoms with Crippen LogP contribution in [-0.2, 0) is 9.84 Å². The maximum atomic E-state index is 12.4. The summed E-state index contributed by atoms with van der Waals surface area (Å²) in [6.45, 7) is 0. The summed E-state index contributed by atoms with van der Waals surface area (Å²) in [5.41, 5.74) is -3.82. The molecule has 0 bridgehead atoms. The first-order valence-corrected chi connectivity index (χ1v) is 6.77. The molecule has 2 rings (SSSR count).